The Bertz CT molecular complexity index is 502. The lowest BCUT2D eigenvalue weighted by atomic mass is 10.1. The number of nitrogens with one attached hydrogen (secondary N) is 1. The first kappa shape index (κ1) is 15.7. The van der Waals surface area contributed by atoms with Crippen molar-refractivity contribution in [3.63, 3.8) is 0 Å². The summed E-state index contributed by atoms with van der Waals surface area (Å²) in [6.07, 6.45) is 0.518. The second-order valence-corrected chi connectivity index (χ2v) is 5.86. The van der Waals surface area contributed by atoms with Gasteiger partial charge in [0.2, 0.25) is 10.0 Å². The smallest absolute Gasteiger partial charge is 0.212 e. The Morgan fingerprint density at radius 2 is 2.00 bits per heavy atom. The lowest BCUT2D eigenvalue weighted by Crippen LogP contribution is -2.31. The van der Waals surface area contributed by atoms with Crippen LogP contribution in [0.25, 0.3) is 0 Å². The van der Waals surface area contributed by atoms with Crippen molar-refractivity contribution >= 4 is 10.0 Å². The van der Waals surface area contributed by atoms with Gasteiger partial charge in [0.05, 0.1) is 20.0 Å². The number of nitrogens with two attached hydrogens (primary N) is 1. The van der Waals surface area contributed by atoms with Gasteiger partial charge < -0.3 is 15.2 Å². The van der Waals surface area contributed by atoms with Crippen molar-refractivity contribution in [1.82, 2.24) is 4.72 Å². The Labute approximate surface area is 113 Å². The van der Waals surface area contributed by atoms with E-state index in [-0.39, 0.29) is 12.3 Å². The number of hydrogen-bond donors (Lipinski definition) is 2. The molecule has 0 aliphatic rings. The summed E-state index contributed by atoms with van der Waals surface area (Å²) in [7, 11) is -0.132. The van der Waals surface area contributed by atoms with Crippen LogP contribution in [-0.2, 0) is 16.4 Å². The van der Waals surface area contributed by atoms with E-state index in [0.717, 1.165) is 5.56 Å². The molecule has 7 heteroatoms. The maximum atomic E-state index is 11.5. The molecule has 108 valence electrons. The molecule has 0 saturated carbocycles. The van der Waals surface area contributed by atoms with Crippen molar-refractivity contribution in [2.24, 2.45) is 5.73 Å². The van der Waals surface area contributed by atoms with Crippen molar-refractivity contribution in [1.29, 1.82) is 0 Å². The van der Waals surface area contributed by atoms with Gasteiger partial charge in [0.1, 0.15) is 11.5 Å². The highest BCUT2D eigenvalue weighted by atomic mass is 32.2. The van der Waals surface area contributed by atoms with Crippen LogP contribution in [0.3, 0.4) is 0 Å². The highest BCUT2D eigenvalue weighted by molar-refractivity contribution is 7.89. The van der Waals surface area contributed by atoms with Gasteiger partial charge in [0.15, 0.2) is 0 Å². The van der Waals surface area contributed by atoms with E-state index in [2.05, 4.69) is 4.72 Å². The summed E-state index contributed by atoms with van der Waals surface area (Å²) in [6.45, 7) is 0.406. The molecule has 0 aliphatic carbocycles. The summed E-state index contributed by atoms with van der Waals surface area (Å²) in [5.74, 6) is 1.35. The third kappa shape index (κ3) is 5.06. The fraction of sp³-hybridized carbons (Fsp3) is 0.500. The molecule has 1 aromatic rings. The van der Waals surface area contributed by atoms with Gasteiger partial charge in [0.25, 0.3) is 0 Å². The van der Waals surface area contributed by atoms with Crippen molar-refractivity contribution < 1.29 is 17.9 Å². The molecule has 0 unspecified atom stereocenters. The van der Waals surface area contributed by atoms with E-state index in [1.165, 1.54) is 0 Å². The number of rotatable bonds is 8. The quantitative estimate of drug-likeness (QED) is 0.709. The summed E-state index contributed by atoms with van der Waals surface area (Å²) in [5, 5.41) is 0. The summed E-state index contributed by atoms with van der Waals surface area (Å²) in [4.78, 5) is 0. The van der Waals surface area contributed by atoms with Crippen LogP contribution < -0.4 is 19.9 Å². The van der Waals surface area contributed by atoms with Crippen molar-refractivity contribution in [3.8, 4) is 11.5 Å². The molecular weight excluding hydrogens is 268 g/mol. The molecule has 6 nitrogen and oxygen atoms in total. The number of hydrogen-bond acceptors (Lipinski definition) is 5. The Kier molecular flexibility index (Phi) is 6.07. The zero-order valence-electron chi connectivity index (χ0n) is 11.2. The third-order valence-corrected chi connectivity index (χ3v) is 4.01. The average Bonchev–Trinajstić information content (AvgIpc) is 2.38. The lowest BCUT2D eigenvalue weighted by molar-refractivity contribution is 0.398. The normalized spacial score (nSPS) is 11.3. The molecule has 0 radical (unpaired) electrons. The minimum atomic E-state index is -3.28. The number of ether oxygens (including phenoxy) is 2. The molecule has 0 aromatic heterocycles. The summed E-state index contributed by atoms with van der Waals surface area (Å²) in [6, 6.07) is 5.42. The minimum Gasteiger partial charge on any atom is -0.497 e. The molecule has 1 rings (SSSR count). The standard InChI is InChI=1S/C12H20N2O4S/c1-17-11-3-4-12(18-2)10(9-11)5-7-14-19(15,16)8-6-13/h3-4,9,14H,5-8,13H2,1-2H3. The van der Waals surface area contributed by atoms with Gasteiger partial charge in [-0.2, -0.15) is 0 Å². The molecule has 3 N–H and O–H groups in total. The fourth-order valence-electron chi connectivity index (χ4n) is 1.65. The van der Waals surface area contributed by atoms with Crippen LogP contribution in [0.1, 0.15) is 5.56 Å². The zero-order chi connectivity index (χ0) is 14.3. The Balaban J connectivity index is 2.66. The molecule has 0 aliphatic heterocycles. The molecular formula is C12H20N2O4S. The van der Waals surface area contributed by atoms with E-state index in [4.69, 9.17) is 15.2 Å². The molecule has 0 amide bonds. The first-order valence-corrected chi connectivity index (χ1v) is 7.56. The van der Waals surface area contributed by atoms with Gasteiger partial charge in [0, 0.05) is 13.1 Å². The van der Waals surface area contributed by atoms with Gasteiger partial charge in [-0.1, -0.05) is 0 Å². The van der Waals surface area contributed by atoms with Crippen LogP contribution in [-0.4, -0.2) is 41.5 Å². The molecule has 0 atom stereocenters. The topological polar surface area (TPSA) is 90.6 Å². The number of methoxy groups -OCH3 is 2. The predicted molar refractivity (Wildman–Crippen MR) is 74.1 cm³/mol. The molecule has 0 saturated heterocycles. The van der Waals surface area contributed by atoms with Gasteiger partial charge in [-0.25, -0.2) is 13.1 Å². The van der Waals surface area contributed by atoms with Crippen molar-refractivity contribution in [2.75, 3.05) is 33.1 Å². The second kappa shape index (κ2) is 7.32. The summed E-state index contributed by atoms with van der Waals surface area (Å²) < 4.78 is 35.7. The van der Waals surface area contributed by atoms with E-state index in [1.54, 1.807) is 26.4 Å². The first-order chi connectivity index (χ1) is 9.02. The Morgan fingerprint density at radius 1 is 1.26 bits per heavy atom. The largest absolute Gasteiger partial charge is 0.497 e. The van der Waals surface area contributed by atoms with E-state index >= 15 is 0 Å². The van der Waals surface area contributed by atoms with Crippen LogP contribution in [0.2, 0.25) is 0 Å². The first-order valence-electron chi connectivity index (χ1n) is 5.90. The fourth-order valence-corrected chi connectivity index (χ4v) is 2.51. The van der Waals surface area contributed by atoms with Gasteiger partial charge in [-0.15, -0.1) is 0 Å². The Morgan fingerprint density at radius 3 is 2.58 bits per heavy atom. The number of sulfonamides is 1. The number of benzene rings is 1. The Hall–Kier alpha value is -1.31. The van der Waals surface area contributed by atoms with Crippen LogP contribution in [0.4, 0.5) is 0 Å². The lowest BCUT2D eigenvalue weighted by Gasteiger charge is -2.11. The SMILES string of the molecule is COc1ccc(OC)c(CCNS(=O)(=O)CCN)c1. The average molecular weight is 288 g/mol. The van der Waals surface area contributed by atoms with Crippen LogP contribution in [0, 0.1) is 0 Å². The molecule has 19 heavy (non-hydrogen) atoms. The monoisotopic (exact) mass is 288 g/mol. The van der Waals surface area contributed by atoms with Crippen molar-refractivity contribution in [2.45, 2.75) is 6.42 Å². The highest BCUT2D eigenvalue weighted by Gasteiger charge is 2.10. The molecule has 0 fully saturated rings. The maximum Gasteiger partial charge on any atom is 0.212 e. The summed E-state index contributed by atoms with van der Waals surface area (Å²) >= 11 is 0. The summed E-state index contributed by atoms with van der Waals surface area (Å²) in [5.41, 5.74) is 6.11. The maximum absolute atomic E-state index is 11.5. The van der Waals surface area contributed by atoms with E-state index < -0.39 is 10.0 Å². The van der Waals surface area contributed by atoms with Crippen LogP contribution in [0.15, 0.2) is 18.2 Å². The second-order valence-electron chi connectivity index (χ2n) is 3.93. The molecule has 1 aromatic carbocycles. The van der Waals surface area contributed by atoms with Gasteiger partial charge in [-0.05, 0) is 30.2 Å². The van der Waals surface area contributed by atoms with Gasteiger partial charge >= 0.3 is 0 Å². The third-order valence-electron chi connectivity index (χ3n) is 2.59. The minimum absolute atomic E-state index is 0.0672. The van der Waals surface area contributed by atoms with Crippen molar-refractivity contribution in [3.05, 3.63) is 23.8 Å². The van der Waals surface area contributed by atoms with Crippen LogP contribution >= 0.6 is 0 Å². The van der Waals surface area contributed by atoms with E-state index in [9.17, 15) is 8.42 Å². The van der Waals surface area contributed by atoms with E-state index in [0.29, 0.717) is 24.5 Å². The zero-order valence-corrected chi connectivity index (χ0v) is 12.0. The molecule has 0 bridgehead atoms. The van der Waals surface area contributed by atoms with Gasteiger partial charge in [-0.3, -0.25) is 0 Å². The highest BCUT2D eigenvalue weighted by Crippen LogP contribution is 2.24. The molecule has 0 spiro atoms. The molecule has 0 heterocycles. The van der Waals surface area contributed by atoms with Crippen LogP contribution in [0.5, 0.6) is 11.5 Å². The van der Waals surface area contributed by atoms with E-state index in [1.807, 2.05) is 6.07 Å². The predicted octanol–water partition coefficient (Wildman–Crippen LogP) is 0.124.